The van der Waals surface area contributed by atoms with Crippen LogP contribution in [0.25, 0.3) is 11.3 Å². The molecule has 0 radical (unpaired) electrons. The van der Waals surface area contributed by atoms with Gasteiger partial charge in [0.05, 0.1) is 11.1 Å². The second-order valence-corrected chi connectivity index (χ2v) is 6.08. The van der Waals surface area contributed by atoms with Gasteiger partial charge in [0.1, 0.15) is 11.3 Å². The molecule has 0 bridgehead atoms. The third-order valence-electron chi connectivity index (χ3n) is 3.85. The highest BCUT2D eigenvalue weighted by Gasteiger charge is 2.24. The Hall–Kier alpha value is -1.52. The second-order valence-electron chi connectivity index (χ2n) is 5.24. The van der Waals surface area contributed by atoms with Crippen LogP contribution in [-0.2, 0) is 0 Å². The van der Waals surface area contributed by atoms with E-state index in [2.05, 4.69) is 5.10 Å². The zero-order valence-corrected chi connectivity index (χ0v) is 12.7. The van der Waals surface area contributed by atoms with Crippen molar-refractivity contribution in [2.75, 3.05) is 0 Å². The van der Waals surface area contributed by atoms with E-state index in [0.29, 0.717) is 21.3 Å². The number of aromatic carboxylic acids is 1. The lowest BCUT2D eigenvalue weighted by Gasteiger charge is -2.08. The molecule has 0 unspecified atom stereocenters. The van der Waals surface area contributed by atoms with Gasteiger partial charge in [0.15, 0.2) is 0 Å². The summed E-state index contributed by atoms with van der Waals surface area (Å²) in [4.78, 5) is 11.5. The van der Waals surface area contributed by atoms with Crippen LogP contribution in [0.3, 0.4) is 0 Å². The highest BCUT2D eigenvalue weighted by Crippen LogP contribution is 2.34. The van der Waals surface area contributed by atoms with Gasteiger partial charge in [-0.05, 0) is 31.0 Å². The lowest BCUT2D eigenvalue weighted by molar-refractivity contribution is 0.0697. The monoisotopic (exact) mass is 324 g/mol. The Bertz CT molecular complexity index is 691. The number of aromatic nitrogens is 2. The first kappa shape index (κ1) is 14.4. The topological polar surface area (TPSA) is 55.1 Å². The van der Waals surface area contributed by atoms with E-state index >= 15 is 0 Å². The first-order valence-electron chi connectivity index (χ1n) is 6.84. The Morgan fingerprint density at radius 2 is 2.00 bits per heavy atom. The van der Waals surface area contributed by atoms with Gasteiger partial charge in [0, 0.05) is 16.8 Å². The van der Waals surface area contributed by atoms with Crippen LogP contribution in [0.5, 0.6) is 0 Å². The summed E-state index contributed by atoms with van der Waals surface area (Å²) in [5.41, 5.74) is 1.16. The third kappa shape index (κ3) is 2.78. The molecule has 1 aromatic carbocycles. The first-order valence-corrected chi connectivity index (χ1v) is 7.59. The van der Waals surface area contributed by atoms with Gasteiger partial charge >= 0.3 is 5.97 Å². The Kier molecular flexibility index (Phi) is 3.91. The van der Waals surface area contributed by atoms with Crippen LogP contribution in [-0.4, -0.2) is 20.9 Å². The molecule has 110 valence electrons. The molecule has 0 saturated heterocycles. The molecule has 21 heavy (non-hydrogen) atoms. The standard InChI is InChI=1S/C15H14Cl2N2O2/c16-9-5-6-11(13(17)7-9)14-12(15(20)21)8-19(18-14)10-3-1-2-4-10/h5-8,10H,1-4H2,(H,20,21). The number of halogens is 2. The zero-order chi connectivity index (χ0) is 15.0. The molecule has 3 rings (SSSR count). The summed E-state index contributed by atoms with van der Waals surface area (Å²) < 4.78 is 1.77. The molecule has 0 amide bonds. The molecule has 1 saturated carbocycles. The smallest absolute Gasteiger partial charge is 0.339 e. The minimum atomic E-state index is -1.000. The Balaban J connectivity index is 2.09. The fraction of sp³-hybridized carbons (Fsp3) is 0.333. The number of hydrogen-bond acceptors (Lipinski definition) is 2. The van der Waals surface area contributed by atoms with E-state index in [0.717, 1.165) is 25.7 Å². The van der Waals surface area contributed by atoms with Crippen LogP contribution in [0.1, 0.15) is 42.1 Å². The average molecular weight is 325 g/mol. The molecule has 1 aliphatic rings. The maximum atomic E-state index is 11.5. The van der Waals surface area contributed by atoms with E-state index in [-0.39, 0.29) is 11.6 Å². The van der Waals surface area contributed by atoms with Crippen LogP contribution >= 0.6 is 23.2 Å². The average Bonchev–Trinajstić information content (AvgIpc) is 3.07. The van der Waals surface area contributed by atoms with Gasteiger partial charge in [-0.3, -0.25) is 4.68 Å². The minimum Gasteiger partial charge on any atom is -0.478 e. The molecular formula is C15H14Cl2N2O2. The maximum absolute atomic E-state index is 11.5. The van der Waals surface area contributed by atoms with E-state index in [1.807, 2.05) is 0 Å². The fourth-order valence-corrected chi connectivity index (χ4v) is 3.28. The van der Waals surface area contributed by atoms with Crippen LogP contribution in [0, 0.1) is 0 Å². The van der Waals surface area contributed by atoms with Gasteiger partial charge in [0.25, 0.3) is 0 Å². The van der Waals surface area contributed by atoms with Crippen molar-refractivity contribution in [2.45, 2.75) is 31.7 Å². The van der Waals surface area contributed by atoms with Gasteiger partial charge in [-0.2, -0.15) is 5.10 Å². The Morgan fingerprint density at radius 3 is 2.62 bits per heavy atom. The third-order valence-corrected chi connectivity index (χ3v) is 4.40. The summed E-state index contributed by atoms with van der Waals surface area (Å²) in [6, 6.07) is 5.27. The van der Waals surface area contributed by atoms with Crippen LogP contribution < -0.4 is 0 Å². The van der Waals surface area contributed by atoms with E-state index in [1.165, 1.54) is 0 Å². The Morgan fingerprint density at radius 1 is 1.29 bits per heavy atom. The summed E-state index contributed by atoms with van der Waals surface area (Å²) in [5, 5.41) is 14.8. The molecular weight excluding hydrogens is 311 g/mol. The van der Waals surface area contributed by atoms with Crippen LogP contribution in [0.4, 0.5) is 0 Å². The first-order chi connectivity index (χ1) is 10.1. The van der Waals surface area contributed by atoms with Crippen molar-refractivity contribution >= 4 is 29.2 Å². The van der Waals surface area contributed by atoms with Gasteiger partial charge in [0.2, 0.25) is 0 Å². The molecule has 0 aliphatic heterocycles. The predicted molar refractivity (Wildman–Crippen MR) is 82.1 cm³/mol. The number of rotatable bonds is 3. The van der Waals surface area contributed by atoms with Gasteiger partial charge in [-0.25, -0.2) is 4.79 Å². The molecule has 4 nitrogen and oxygen atoms in total. The minimum absolute atomic E-state index is 0.172. The lowest BCUT2D eigenvalue weighted by Crippen LogP contribution is -2.05. The highest BCUT2D eigenvalue weighted by atomic mass is 35.5. The van der Waals surface area contributed by atoms with E-state index in [1.54, 1.807) is 29.1 Å². The van der Waals surface area contributed by atoms with Crippen molar-refractivity contribution in [1.29, 1.82) is 0 Å². The summed E-state index contributed by atoms with van der Waals surface area (Å²) in [6.45, 7) is 0. The number of carboxylic acids is 1. The van der Waals surface area contributed by atoms with Gasteiger partial charge in [-0.1, -0.05) is 36.0 Å². The van der Waals surface area contributed by atoms with Crippen molar-refractivity contribution in [3.63, 3.8) is 0 Å². The normalized spacial score (nSPS) is 15.5. The molecule has 0 atom stereocenters. The van der Waals surface area contributed by atoms with Crippen molar-refractivity contribution in [1.82, 2.24) is 9.78 Å². The number of hydrogen-bond donors (Lipinski definition) is 1. The van der Waals surface area contributed by atoms with Gasteiger partial charge in [-0.15, -0.1) is 0 Å². The van der Waals surface area contributed by atoms with E-state index in [4.69, 9.17) is 23.2 Å². The summed E-state index contributed by atoms with van der Waals surface area (Å²) >= 11 is 12.1. The fourth-order valence-electron chi connectivity index (χ4n) is 2.78. The van der Waals surface area contributed by atoms with E-state index in [9.17, 15) is 9.90 Å². The number of carbonyl (C=O) groups is 1. The quantitative estimate of drug-likeness (QED) is 0.892. The highest BCUT2D eigenvalue weighted by molar-refractivity contribution is 6.36. The lowest BCUT2D eigenvalue weighted by atomic mass is 10.1. The van der Waals surface area contributed by atoms with Crippen molar-refractivity contribution in [2.24, 2.45) is 0 Å². The summed E-state index contributed by atoms with van der Waals surface area (Å²) in [6.07, 6.45) is 6.00. The van der Waals surface area contributed by atoms with Crippen LogP contribution in [0.2, 0.25) is 10.0 Å². The molecule has 6 heteroatoms. The largest absolute Gasteiger partial charge is 0.478 e. The molecule has 1 aromatic heterocycles. The summed E-state index contributed by atoms with van der Waals surface area (Å²) in [5.74, 6) is -1.000. The van der Waals surface area contributed by atoms with Crippen molar-refractivity contribution in [3.05, 3.63) is 40.0 Å². The predicted octanol–water partition coefficient (Wildman–Crippen LogP) is 4.67. The molecule has 1 N–H and O–H groups in total. The van der Waals surface area contributed by atoms with Crippen LogP contribution in [0.15, 0.2) is 24.4 Å². The van der Waals surface area contributed by atoms with Gasteiger partial charge < -0.3 is 5.11 Å². The van der Waals surface area contributed by atoms with Crippen molar-refractivity contribution < 1.29 is 9.90 Å². The van der Waals surface area contributed by atoms with Crippen molar-refractivity contribution in [3.8, 4) is 11.3 Å². The number of benzene rings is 1. The molecule has 1 heterocycles. The number of carboxylic acid groups (broad SMARTS) is 1. The molecule has 2 aromatic rings. The zero-order valence-electron chi connectivity index (χ0n) is 11.2. The van der Waals surface area contributed by atoms with E-state index < -0.39 is 5.97 Å². The second kappa shape index (κ2) is 5.70. The molecule has 1 fully saturated rings. The summed E-state index contributed by atoms with van der Waals surface area (Å²) in [7, 11) is 0. The molecule has 0 spiro atoms. The Labute approximate surface area is 132 Å². The maximum Gasteiger partial charge on any atom is 0.339 e. The molecule has 1 aliphatic carbocycles. The SMILES string of the molecule is O=C(O)c1cn(C2CCCC2)nc1-c1ccc(Cl)cc1Cl. The number of nitrogens with zero attached hydrogens (tertiary/aromatic N) is 2.